The van der Waals surface area contributed by atoms with E-state index in [1.54, 1.807) is 5.92 Å². The van der Waals surface area contributed by atoms with Gasteiger partial charge in [-0.15, -0.1) is 0 Å². The fourth-order valence-electron chi connectivity index (χ4n) is 4.25. The molecule has 127 valence electrons. The van der Waals surface area contributed by atoms with E-state index in [1.165, 1.54) is 56.1 Å². The molecule has 3 rings (SSSR count). The summed E-state index contributed by atoms with van der Waals surface area (Å²) >= 11 is 0. The summed E-state index contributed by atoms with van der Waals surface area (Å²) in [5.41, 5.74) is 2.95. The molecule has 24 heavy (non-hydrogen) atoms. The van der Waals surface area contributed by atoms with Crippen molar-refractivity contribution in [2.75, 3.05) is 0 Å². The first-order chi connectivity index (χ1) is 11.8. The second-order valence-corrected chi connectivity index (χ2v) is 7.49. The van der Waals surface area contributed by atoms with Crippen LogP contribution in [0.5, 0.6) is 0 Å². The van der Waals surface area contributed by atoms with Gasteiger partial charge in [0.25, 0.3) is 0 Å². The Bertz CT molecular complexity index is 566. The highest BCUT2D eigenvalue weighted by Gasteiger charge is 2.27. The van der Waals surface area contributed by atoms with Gasteiger partial charge < -0.3 is 0 Å². The second kappa shape index (κ2) is 9.06. The van der Waals surface area contributed by atoms with E-state index in [1.807, 2.05) is 0 Å². The van der Waals surface area contributed by atoms with Crippen LogP contribution in [0.15, 0.2) is 60.7 Å². The summed E-state index contributed by atoms with van der Waals surface area (Å²) in [5, 5.41) is 0. The lowest BCUT2D eigenvalue weighted by molar-refractivity contribution is 0.262. The summed E-state index contributed by atoms with van der Waals surface area (Å²) < 4.78 is 0. The first-order valence-electron chi connectivity index (χ1n) is 9.75. The zero-order chi connectivity index (χ0) is 16.6. The molecular formula is C24H31. The molecule has 2 aromatic rings. The van der Waals surface area contributed by atoms with Gasteiger partial charge in [-0.3, -0.25) is 0 Å². The summed E-state index contributed by atoms with van der Waals surface area (Å²) in [6.07, 6.45) is 10.8. The van der Waals surface area contributed by atoms with Gasteiger partial charge >= 0.3 is 0 Å². The van der Waals surface area contributed by atoms with Gasteiger partial charge in [0.15, 0.2) is 0 Å². The van der Waals surface area contributed by atoms with E-state index in [-0.39, 0.29) is 0 Å². The Balaban J connectivity index is 1.67. The number of hydrogen-bond donors (Lipinski definition) is 0. The number of hydrogen-bond acceptors (Lipinski definition) is 0. The van der Waals surface area contributed by atoms with Gasteiger partial charge in [0.05, 0.1) is 0 Å². The molecule has 1 aliphatic carbocycles. The van der Waals surface area contributed by atoms with Crippen LogP contribution in [0.25, 0.3) is 0 Å². The average Bonchev–Trinajstić information content (AvgIpc) is 2.67. The topological polar surface area (TPSA) is 0 Å². The van der Waals surface area contributed by atoms with Crippen LogP contribution in [0, 0.1) is 17.8 Å². The highest BCUT2D eigenvalue weighted by molar-refractivity contribution is 5.22. The fraction of sp³-hybridized carbons (Fsp3) is 0.458. The van der Waals surface area contributed by atoms with Crippen LogP contribution in [-0.2, 0) is 12.8 Å². The molecule has 1 saturated carbocycles. The Morgan fingerprint density at radius 2 is 1.42 bits per heavy atom. The lowest BCUT2D eigenvalue weighted by Gasteiger charge is -2.33. The molecule has 0 saturated heterocycles. The van der Waals surface area contributed by atoms with Crippen molar-refractivity contribution in [1.29, 1.82) is 0 Å². The molecule has 0 heterocycles. The maximum atomic E-state index is 2.50. The van der Waals surface area contributed by atoms with E-state index in [0.29, 0.717) is 0 Å². The van der Waals surface area contributed by atoms with Crippen molar-refractivity contribution in [2.24, 2.45) is 11.8 Å². The lowest BCUT2D eigenvalue weighted by Crippen LogP contribution is -2.23. The van der Waals surface area contributed by atoms with E-state index >= 15 is 0 Å². The van der Waals surface area contributed by atoms with E-state index in [9.17, 15) is 0 Å². The summed E-state index contributed by atoms with van der Waals surface area (Å²) in [6.45, 7) is 2.50. The molecule has 1 radical (unpaired) electrons. The predicted octanol–water partition coefficient (Wildman–Crippen LogP) is 6.65. The molecule has 1 aliphatic rings. The minimum Gasteiger partial charge on any atom is -0.0622 e. The minimum absolute atomic E-state index is 0.759. The monoisotopic (exact) mass is 319 g/mol. The van der Waals surface area contributed by atoms with Crippen molar-refractivity contribution in [3.05, 3.63) is 77.7 Å². The summed E-state index contributed by atoms with van der Waals surface area (Å²) in [4.78, 5) is 0. The van der Waals surface area contributed by atoms with Crippen molar-refractivity contribution >= 4 is 0 Å². The van der Waals surface area contributed by atoms with Crippen LogP contribution >= 0.6 is 0 Å². The van der Waals surface area contributed by atoms with E-state index in [2.05, 4.69) is 67.6 Å². The van der Waals surface area contributed by atoms with Crippen LogP contribution in [-0.4, -0.2) is 0 Å². The van der Waals surface area contributed by atoms with Gasteiger partial charge in [0.1, 0.15) is 0 Å². The van der Waals surface area contributed by atoms with E-state index in [0.717, 1.165) is 18.3 Å². The van der Waals surface area contributed by atoms with Crippen molar-refractivity contribution in [1.82, 2.24) is 0 Å². The summed E-state index contributed by atoms with van der Waals surface area (Å²) in [7, 11) is 0. The van der Waals surface area contributed by atoms with Crippen LogP contribution in [0.1, 0.15) is 56.6 Å². The quantitative estimate of drug-likeness (QED) is 0.535. The van der Waals surface area contributed by atoms with Crippen LogP contribution in [0.3, 0.4) is 0 Å². The minimum atomic E-state index is 0.759. The maximum Gasteiger partial charge on any atom is -0.0163 e. The molecule has 0 heteroatoms. The van der Waals surface area contributed by atoms with E-state index in [4.69, 9.17) is 0 Å². The van der Waals surface area contributed by atoms with Gasteiger partial charge in [0, 0.05) is 0 Å². The highest BCUT2D eigenvalue weighted by Crippen LogP contribution is 2.38. The number of rotatable bonds is 7. The molecule has 0 nitrogen and oxygen atoms in total. The molecule has 1 fully saturated rings. The van der Waals surface area contributed by atoms with Crippen LogP contribution in [0.4, 0.5) is 0 Å². The zero-order valence-electron chi connectivity index (χ0n) is 15.1. The summed E-state index contributed by atoms with van der Waals surface area (Å²) in [5.74, 6) is 3.43. The third-order valence-electron chi connectivity index (χ3n) is 5.85. The Labute approximate surface area is 148 Å². The third kappa shape index (κ3) is 4.97. The fourth-order valence-corrected chi connectivity index (χ4v) is 4.25. The van der Waals surface area contributed by atoms with Crippen molar-refractivity contribution in [3.63, 3.8) is 0 Å². The molecule has 0 amide bonds. The van der Waals surface area contributed by atoms with Crippen LogP contribution < -0.4 is 0 Å². The third-order valence-corrected chi connectivity index (χ3v) is 5.85. The normalized spacial score (nSPS) is 17.1. The molecule has 2 aromatic carbocycles. The standard InChI is InChI=1S/C24H31/c1-20(23-15-9-4-10-16-23)24(19-22-13-7-3-8-14-22)18-17-21-11-5-2-6-12-21/h2-3,5-8,11-14,20,23H,4,9-10,15-19H2,1H3. The molecule has 0 aliphatic heterocycles. The van der Waals surface area contributed by atoms with Gasteiger partial charge in [-0.05, 0) is 48.1 Å². The Kier molecular flexibility index (Phi) is 6.52. The lowest BCUT2D eigenvalue weighted by atomic mass is 9.72. The Morgan fingerprint density at radius 1 is 0.833 bits per heavy atom. The highest BCUT2D eigenvalue weighted by atomic mass is 14.3. The molecule has 1 atom stereocenters. The average molecular weight is 320 g/mol. The van der Waals surface area contributed by atoms with Gasteiger partial charge in [-0.25, -0.2) is 0 Å². The van der Waals surface area contributed by atoms with Gasteiger partial charge in [0.2, 0.25) is 0 Å². The van der Waals surface area contributed by atoms with E-state index < -0.39 is 0 Å². The first kappa shape index (κ1) is 17.3. The predicted molar refractivity (Wildman–Crippen MR) is 104 cm³/mol. The smallest absolute Gasteiger partial charge is 0.0163 e. The largest absolute Gasteiger partial charge is 0.0622 e. The summed E-state index contributed by atoms with van der Waals surface area (Å²) in [6, 6.07) is 22.0. The maximum absolute atomic E-state index is 2.50. The SMILES string of the molecule is CC([C](CCc1ccccc1)Cc1ccccc1)C1CCCCC1. The van der Waals surface area contributed by atoms with Gasteiger partial charge in [-0.2, -0.15) is 0 Å². The van der Waals surface area contributed by atoms with Crippen molar-refractivity contribution in [2.45, 2.75) is 58.3 Å². The molecule has 0 spiro atoms. The Morgan fingerprint density at radius 3 is 2.04 bits per heavy atom. The molecule has 0 aromatic heterocycles. The molecule has 1 unspecified atom stereocenters. The number of aryl methyl sites for hydroxylation is 1. The van der Waals surface area contributed by atoms with Crippen LogP contribution in [0.2, 0.25) is 0 Å². The molecule has 0 bridgehead atoms. The zero-order valence-corrected chi connectivity index (χ0v) is 15.1. The molecular weight excluding hydrogens is 288 g/mol. The first-order valence-corrected chi connectivity index (χ1v) is 9.75. The molecule has 0 N–H and O–H groups in total. The van der Waals surface area contributed by atoms with Crippen molar-refractivity contribution in [3.8, 4) is 0 Å². The van der Waals surface area contributed by atoms with Gasteiger partial charge in [-0.1, -0.05) is 99.7 Å². The number of benzene rings is 2. The second-order valence-electron chi connectivity index (χ2n) is 7.49. The van der Waals surface area contributed by atoms with Crippen molar-refractivity contribution < 1.29 is 0 Å². The Hall–Kier alpha value is -1.56.